The molecule has 7 heteroatoms. The van der Waals surface area contributed by atoms with E-state index in [0.29, 0.717) is 18.2 Å². The van der Waals surface area contributed by atoms with Gasteiger partial charge in [0.05, 0.1) is 17.3 Å². The molecule has 0 bridgehead atoms. The number of hydrogen-bond donors (Lipinski definition) is 2. The fraction of sp³-hybridized carbons (Fsp3) is 0.300. The van der Waals surface area contributed by atoms with Crippen molar-refractivity contribution in [3.63, 3.8) is 0 Å². The van der Waals surface area contributed by atoms with E-state index >= 15 is 0 Å². The summed E-state index contributed by atoms with van der Waals surface area (Å²) in [7, 11) is 1.62. The van der Waals surface area contributed by atoms with E-state index in [2.05, 4.69) is 20.4 Å². The number of nitrogens with two attached hydrogens (primary N) is 1. The van der Waals surface area contributed by atoms with Crippen LogP contribution in [0, 0.1) is 6.92 Å². The number of nitrogens with one attached hydrogen (secondary N) is 1. The summed E-state index contributed by atoms with van der Waals surface area (Å²) < 4.78 is 5.05. The molecule has 90 valence electrons. The van der Waals surface area contributed by atoms with E-state index in [1.807, 2.05) is 12.3 Å². The molecule has 17 heavy (non-hydrogen) atoms. The molecule has 0 saturated heterocycles. The molecule has 0 aliphatic heterocycles. The lowest BCUT2D eigenvalue weighted by molar-refractivity contribution is 0.181. The molecule has 0 aliphatic rings. The molecule has 0 fully saturated rings. The first kappa shape index (κ1) is 11.9. The normalized spacial score (nSPS) is 10.5. The average Bonchev–Trinajstić information content (AvgIpc) is 2.76. The topological polar surface area (TPSA) is 86.0 Å². The Bertz CT molecular complexity index is 513. The molecule has 6 nitrogen and oxygen atoms in total. The number of nitrogens with zero attached hydrogens (tertiary/aromatic N) is 3. The van der Waals surface area contributed by atoms with E-state index in [0.717, 1.165) is 16.4 Å². The molecule has 0 unspecified atom stereocenters. The lowest BCUT2D eigenvalue weighted by Crippen LogP contribution is -2.11. The molecular formula is C10H13N5OS. The summed E-state index contributed by atoms with van der Waals surface area (Å²) in [4.78, 5) is 13.0. The van der Waals surface area contributed by atoms with Crippen LogP contribution in [-0.2, 0) is 11.3 Å². The van der Waals surface area contributed by atoms with Gasteiger partial charge in [-0.05, 0) is 6.92 Å². The number of aromatic nitrogens is 3. The summed E-state index contributed by atoms with van der Waals surface area (Å²) in [5.74, 6) is 6.47. The fourth-order valence-electron chi connectivity index (χ4n) is 1.37. The second-order valence-corrected chi connectivity index (χ2v) is 4.46. The first-order valence-electron chi connectivity index (χ1n) is 4.99. The largest absolute Gasteiger partial charge is 0.378 e. The first-order chi connectivity index (χ1) is 8.22. The predicted molar refractivity (Wildman–Crippen MR) is 66.4 cm³/mol. The Hall–Kier alpha value is -1.57. The van der Waals surface area contributed by atoms with Crippen molar-refractivity contribution in [1.82, 2.24) is 15.0 Å². The van der Waals surface area contributed by atoms with E-state index < -0.39 is 0 Å². The van der Waals surface area contributed by atoms with Crippen molar-refractivity contribution in [2.45, 2.75) is 13.5 Å². The van der Waals surface area contributed by atoms with Gasteiger partial charge in [-0.2, -0.15) is 0 Å². The van der Waals surface area contributed by atoms with Crippen LogP contribution < -0.4 is 11.3 Å². The molecule has 2 heterocycles. The summed E-state index contributed by atoms with van der Waals surface area (Å²) in [6.45, 7) is 2.35. The number of aryl methyl sites for hydroxylation is 1. The van der Waals surface area contributed by atoms with Crippen LogP contribution in [0.2, 0.25) is 0 Å². The van der Waals surface area contributed by atoms with Gasteiger partial charge in [0.1, 0.15) is 11.5 Å². The maximum atomic E-state index is 5.37. The third kappa shape index (κ3) is 2.76. The highest BCUT2D eigenvalue weighted by atomic mass is 32.1. The van der Waals surface area contributed by atoms with Crippen molar-refractivity contribution >= 4 is 17.2 Å². The van der Waals surface area contributed by atoms with Gasteiger partial charge >= 0.3 is 0 Å². The number of thiazole rings is 1. The number of ether oxygens (including phenoxy) is 1. The van der Waals surface area contributed by atoms with Gasteiger partial charge in [0.25, 0.3) is 0 Å². The molecule has 0 atom stereocenters. The monoisotopic (exact) mass is 251 g/mol. The fourth-order valence-corrected chi connectivity index (χ4v) is 1.97. The zero-order chi connectivity index (χ0) is 12.3. The molecule has 0 spiro atoms. The van der Waals surface area contributed by atoms with E-state index in [-0.39, 0.29) is 0 Å². The summed E-state index contributed by atoms with van der Waals surface area (Å²) in [5, 5.41) is 2.89. The molecular weight excluding hydrogens is 238 g/mol. The number of hydrogen-bond acceptors (Lipinski definition) is 7. The van der Waals surface area contributed by atoms with Crippen LogP contribution in [0.5, 0.6) is 0 Å². The van der Waals surface area contributed by atoms with Crippen LogP contribution in [-0.4, -0.2) is 22.1 Å². The lowest BCUT2D eigenvalue weighted by Gasteiger charge is -2.05. The molecule has 0 saturated carbocycles. The zero-order valence-corrected chi connectivity index (χ0v) is 10.4. The summed E-state index contributed by atoms with van der Waals surface area (Å²) >= 11 is 1.56. The zero-order valence-electron chi connectivity index (χ0n) is 9.60. The summed E-state index contributed by atoms with van der Waals surface area (Å²) in [6.07, 6.45) is 0. The SMILES string of the molecule is COCc1cc(NN)nc(-c2csc(C)n2)n1. The Kier molecular flexibility index (Phi) is 3.62. The highest BCUT2D eigenvalue weighted by molar-refractivity contribution is 7.09. The van der Waals surface area contributed by atoms with Gasteiger partial charge in [0.15, 0.2) is 5.82 Å². The molecule has 2 aromatic heterocycles. The van der Waals surface area contributed by atoms with Gasteiger partial charge in [-0.25, -0.2) is 20.8 Å². The molecule has 0 aromatic carbocycles. The minimum absolute atomic E-state index is 0.410. The third-order valence-corrected chi connectivity index (χ3v) is 2.84. The second-order valence-electron chi connectivity index (χ2n) is 3.40. The van der Waals surface area contributed by atoms with Crippen LogP contribution in [0.25, 0.3) is 11.5 Å². The Morgan fingerprint density at radius 2 is 2.24 bits per heavy atom. The van der Waals surface area contributed by atoms with E-state index in [1.54, 1.807) is 24.5 Å². The minimum Gasteiger partial charge on any atom is -0.378 e. The number of rotatable bonds is 4. The van der Waals surface area contributed by atoms with Crippen molar-refractivity contribution in [2.75, 3.05) is 12.5 Å². The molecule has 3 N–H and O–H groups in total. The number of hydrazine groups is 1. The summed E-state index contributed by atoms with van der Waals surface area (Å²) in [5.41, 5.74) is 4.02. The third-order valence-electron chi connectivity index (χ3n) is 2.07. The predicted octanol–water partition coefficient (Wildman–Crippen LogP) is 1.34. The molecule has 0 aliphatic carbocycles. The minimum atomic E-state index is 0.410. The van der Waals surface area contributed by atoms with Crippen LogP contribution in [0.1, 0.15) is 10.7 Å². The quantitative estimate of drug-likeness (QED) is 0.630. The number of methoxy groups -OCH3 is 1. The smallest absolute Gasteiger partial charge is 0.181 e. The van der Waals surface area contributed by atoms with Crippen LogP contribution >= 0.6 is 11.3 Å². The van der Waals surface area contributed by atoms with Crippen molar-refractivity contribution in [1.29, 1.82) is 0 Å². The van der Waals surface area contributed by atoms with Crippen molar-refractivity contribution < 1.29 is 4.74 Å². The van der Waals surface area contributed by atoms with Gasteiger partial charge in [0, 0.05) is 18.6 Å². The molecule has 0 amide bonds. The van der Waals surface area contributed by atoms with Crippen LogP contribution in [0.3, 0.4) is 0 Å². The highest BCUT2D eigenvalue weighted by Crippen LogP contribution is 2.20. The molecule has 2 aromatic rings. The van der Waals surface area contributed by atoms with E-state index in [4.69, 9.17) is 10.6 Å². The van der Waals surface area contributed by atoms with E-state index in [9.17, 15) is 0 Å². The maximum Gasteiger partial charge on any atom is 0.181 e. The first-order valence-corrected chi connectivity index (χ1v) is 5.87. The number of nitrogen functional groups attached to an aromatic ring is 1. The Labute approximate surface area is 103 Å². The number of anilines is 1. The van der Waals surface area contributed by atoms with Crippen LogP contribution in [0.15, 0.2) is 11.4 Å². The van der Waals surface area contributed by atoms with Gasteiger partial charge < -0.3 is 10.2 Å². The maximum absolute atomic E-state index is 5.37. The Morgan fingerprint density at radius 3 is 2.82 bits per heavy atom. The molecule has 2 rings (SSSR count). The van der Waals surface area contributed by atoms with Gasteiger partial charge in [-0.3, -0.25) is 0 Å². The van der Waals surface area contributed by atoms with Crippen LogP contribution in [0.4, 0.5) is 5.82 Å². The second kappa shape index (κ2) is 5.17. The van der Waals surface area contributed by atoms with Crippen molar-refractivity contribution in [3.05, 3.63) is 22.1 Å². The summed E-state index contributed by atoms with van der Waals surface area (Å²) in [6, 6.07) is 1.74. The van der Waals surface area contributed by atoms with Crippen molar-refractivity contribution in [3.8, 4) is 11.5 Å². The van der Waals surface area contributed by atoms with Gasteiger partial charge in [-0.15, -0.1) is 11.3 Å². The molecule has 0 radical (unpaired) electrons. The Balaban J connectivity index is 2.42. The lowest BCUT2D eigenvalue weighted by atomic mass is 10.3. The van der Waals surface area contributed by atoms with Gasteiger partial charge in [0.2, 0.25) is 0 Å². The van der Waals surface area contributed by atoms with Gasteiger partial charge in [-0.1, -0.05) is 0 Å². The van der Waals surface area contributed by atoms with E-state index in [1.165, 1.54) is 0 Å². The Morgan fingerprint density at radius 1 is 1.41 bits per heavy atom. The van der Waals surface area contributed by atoms with Crippen molar-refractivity contribution in [2.24, 2.45) is 5.84 Å². The standard InChI is InChI=1S/C10H13N5OS/c1-6-12-8(5-17-6)10-13-7(4-16-2)3-9(14-10)15-11/h3,5H,4,11H2,1-2H3,(H,13,14,15). The average molecular weight is 251 g/mol. The highest BCUT2D eigenvalue weighted by Gasteiger charge is 2.09.